The maximum Gasteiger partial charge on any atom is 0.341 e. The second kappa shape index (κ2) is 7.57. The topological polar surface area (TPSA) is 51.2 Å². The van der Waals surface area contributed by atoms with Crippen LogP contribution in [0.1, 0.15) is 27.0 Å². The number of aryl methyl sites for hydroxylation is 1. The average Bonchev–Trinajstić information content (AvgIpc) is 3.39. The van der Waals surface area contributed by atoms with Crippen molar-refractivity contribution in [3.8, 4) is 10.6 Å². The van der Waals surface area contributed by atoms with Crippen molar-refractivity contribution in [1.82, 2.24) is 4.98 Å². The molecule has 5 heteroatoms. The molecule has 1 aromatic heterocycles. The number of esters is 1. The van der Waals surface area contributed by atoms with Crippen LogP contribution in [0.15, 0.2) is 97.1 Å². The normalized spacial score (nSPS) is 17.1. The fourth-order valence-electron chi connectivity index (χ4n) is 4.32. The van der Waals surface area contributed by atoms with Crippen LogP contribution in [0.4, 0.5) is 5.69 Å². The fraction of sp³-hybridized carbons (Fsp3) is 0.0714. The number of hydrogen-bond donors (Lipinski definition) is 1. The van der Waals surface area contributed by atoms with Crippen molar-refractivity contribution in [3.63, 3.8) is 0 Å². The number of rotatable bonds is 4. The van der Waals surface area contributed by atoms with Crippen LogP contribution < -0.4 is 5.32 Å². The number of nitrogens with one attached hydrogen (secondary N) is 1. The van der Waals surface area contributed by atoms with Crippen molar-refractivity contribution in [3.05, 3.63) is 119 Å². The van der Waals surface area contributed by atoms with E-state index in [9.17, 15) is 4.79 Å². The molecule has 0 aliphatic carbocycles. The molecule has 1 atom stereocenters. The van der Waals surface area contributed by atoms with Gasteiger partial charge in [-0.15, -0.1) is 11.3 Å². The van der Waals surface area contributed by atoms with Crippen molar-refractivity contribution >= 4 is 33.2 Å². The molecule has 5 aromatic rings. The Labute approximate surface area is 195 Å². The summed E-state index contributed by atoms with van der Waals surface area (Å²) < 4.78 is 7.20. The molecule has 0 amide bonds. The molecule has 0 fully saturated rings. The summed E-state index contributed by atoms with van der Waals surface area (Å²) in [6.07, 6.45) is 0. The smallest absolute Gasteiger partial charge is 0.341 e. The molecule has 6 rings (SSSR count). The number of ether oxygens (including phenoxy) is 1. The first-order valence-corrected chi connectivity index (χ1v) is 11.6. The molecule has 4 aromatic carbocycles. The van der Waals surface area contributed by atoms with E-state index in [0.717, 1.165) is 32.9 Å². The van der Waals surface area contributed by atoms with E-state index in [-0.39, 0.29) is 5.97 Å². The van der Waals surface area contributed by atoms with E-state index in [1.54, 1.807) is 11.3 Å². The van der Waals surface area contributed by atoms with E-state index in [2.05, 4.69) is 30.4 Å². The first kappa shape index (κ1) is 19.7. The van der Waals surface area contributed by atoms with E-state index < -0.39 is 5.72 Å². The molecular weight excluding hydrogens is 428 g/mol. The Bertz CT molecular complexity index is 1490. The van der Waals surface area contributed by atoms with Gasteiger partial charge in [0, 0.05) is 22.4 Å². The number of carbonyl (C=O) groups excluding carboxylic acids is 1. The first-order valence-electron chi connectivity index (χ1n) is 10.8. The highest BCUT2D eigenvalue weighted by Crippen LogP contribution is 2.42. The van der Waals surface area contributed by atoms with Gasteiger partial charge in [-0.2, -0.15) is 0 Å². The van der Waals surface area contributed by atoms with E-state index in [1.165, 1.54) is 10.3 Å². The highest BCUT2D eigenvalue weighted by atomic mass is 32.1. The lowest BCUT2D eigenvalue weighted by Crippen LogP contribution is -2.36. The Morgan fingerprint density at radius 3 is 2.45 bits per heavy atom. The van der Waals surface area contributed by atoms with Gasteiger partial charge in [0.05, 0.1) is 15.8 Å². The summed E-state index contributed by atoms with van der Waals surface area (Å²) >= 11 is 1.69. The monoisotopic (exact) mass is 448 g/mol. The van der Waals surface area contributed by atoms with Crippen LogP contribution in [-0.2, 0) is 10.5 Å². The number of fused-ring (bicyclic) bond motifs is 2. The Morgan fingerprint density at radius 1 is 0.879 bits per heavy atom. The Morgan fingerprint density at radius 2 is 1.64 bits per heavy atom. The predicted octanol–water partition coefficient (Wildman–Crippen LogP) is 6.76. The molecule has 2 heterocycles. The molecule has 0 radical (unpaired) electrons. The lowest BCUT2D eigenvalue weighted by atomic mass is 9.92. The van der Waals surface area contributed by atoms with Crippen LogP contribution in [0.3, 0.4) is 0 Å². The minimum absolute atomic E-state index is 0.330. The molecule has 0 saturated heterocycles. The molecule has 1 N–H and O–H groups in total. The number of anilines is 1. The molecule has 0 bridgehead atoms. The molecule has 0 saturated carbocycles. The van der Waals surface area contributed by atoms with Gasteiger partial charge in [0.15, 0.2) is 0 Å². The number of cyclic esters (lactones) is 1. The number of carbonyl (C=O) groups is 1. The molecular formula is C28H20N2O2S. The molecule has 1 aliphatic rings. The standard InChI is InChI=1S/C28H20N2O2S/c1-18-11-16-24-25(17-18)33-26(29-24)19-12-14-21(15-13-19)30-28(20-7-3-2-4-8-20)23-10-6-5-9-22(23)27(31)32-28/h2-17,30H,1H3. The molecule has 160 valence electrons. The minimum Gasteiger partial charge on any atom is -0.427 e. The molecule has 1 aliphatic heterocycles. The van der Waals surface area contributed by atoms with Crippen LogP contribution in [0.2, 0.25) is 0 Å². The van der Waals surface area contributed by atoms with Gasteiger partial charge >= 0.3 is 5.97 Å². The second-order valence-corrected chi connectivity index (χ2v) is 9.21. The molecule has 4 nitrogen and oxygen atoms in total. The Kier molecular flexibility index (Phi) is 4.52. The number of nitrogens with zero attached hydrogens (tertiary/aromatic N) is 1. The highest BCUT2D eigenvalue weighted by Gasteiger charge is 2.47. The molecule has 1 unspecified atom stereocenters. The summed E-state index contributed by atoms with van der Waals surface area (Å²) in [6.45, 7) is 2.09. The third-order valence-electron chi connectivity index (χ3n) is 5.95. The van der Waals surface area contributed by atoms with Gasteiger partial charge in [0.1, 0.15) is 5.01 Å². The molecule has 0 spiro atoms. The van der Waals surface area contributed by atoms with Crippen molar-refractivity contribution in [2.75, 3.05) is 5.32 Å². The number of hydrogen-bond acceptors (Lipinski definition) is 5. The summed E-state index contributed by atoms with van der Waals surface area (Å²) in [5.74, 6) is -0.330. The van der Waals surface area contributed by atoms with Crippen molar-refractivity contribution in [1.29, 1.82) is 0 Å². The minimum atomic E-state index is -1.08. The summed E-state index contributed by atoms with van der Waals surface area (Å²) in [4.78, 5) is 17.5. The SMILES string of the molecule is Cc1ccc2nc(-c3ccc(NC4(c5ccccc5)OC(=O)c5ccccc54)cc3)sc2c1. The third-order valence-corrected chi connectivity index (χ3v) is 7.02. The van der Waals surface area contributed by atoms with Gasteiger partial charge in [0.25, 0.3) is 0 Å². The van der Waals surface area contributed by atoms with Crippen LogP contribution in [0, 0.1) is 6.92 Å². The quantitative estimate of drug-likeness (QED) is 0.309. The maximum atomic E-state index is 12.7. The third kappa shape index (κ3) is 3.29. The average molecular weight is 449 g/mol. The van der Waals surface area contributed by atoms with Gasteiger partial charge in [0.2, 0.25) is 5.72 Å². The fourth-order valence-corrected chi connectivity index (χ4v) is 5.39. The Balaban J connectivity index is 1.38. The van der Waals surface area contributed by atoms with Crippen LogP contribution >= 0.6 is 11.3 Å². The van der Waals surface area contributed by atoms with Gasteiger partial charge in [-0.1, -0.05) is 54.6 Å². The molecule has 33 heavy (non-hydrogen) atoms. The van der Waals surface area contributed by atoms with E-state index in [0.29, 0.717) is 5.56 Å². The van der Waals surface area contributed by atoms with E-state index >= 15 is 0 Å². The maximum absolute atomic E-state index is 12.7. The van der Waals surface area contributed by atoms with Crippen LogP contribution in [0.25, 0.3) is 20.8 Å². The summed E-state index contributed by atoms with van der Waals surface area (Å²) in [5, 5.41) is 4.49. The van der Waals surface area contributed by atoms with Crippen LogP contribution in [-0.4, -0.2) is 11.0 Å². The van der Waals surface area contributed by atoms with Crippen LogP contribution in [0.5, 0.6) is 0 Å². The van der Waals surface area contributed by atoms with Gasteiger partial charge in [-0.3, -0.25) is 0 Å². The number of thiazole rings is 1. The Hall–Kier alpha value is -3.96. The van der Waals surface area contributed by atoms with E-state index in [4.69, 9.17) is 9.72 Å². The summed E-state index contributed by atoms with van der Waals surface area (Å²) in [7, 11) is 0. The largest absolute Gasteiger partial charge is 0.427 e. The zero-order valence-corrected chi connectivity index (χ0v) is 18.7. The predicted molar refractivity (Wildman–Crippen MR) is 132 cm³/mol. The van der Waals surface area contributed by atoms with Crippen molar-refractivity contribution in [2.24, 2.45) is 0 Å². The van der Waals surface area contributed by atoms with Gasteiger partial charge in [-0.25, -0.2) is 9.78 Å². The van der Waals surface area contributed by atoms with Crippen molar-refractivity contribution < 1.29 is 9.53 Å². The zero-order valence-electron chi connectivity index (χ0n) is 17.9. The number of aromatic nitrogens is 1. The van der Waals surface area contributed by atoms with Crippen molar-refractivity contribution in [2.45, 2.75) is 12.6 Å². The lowest BCUT2D eigenvalue weighted by Gasteiger charge is -2.31. The number of benzene rings is 4. The van der Waals surface area contributed by atoms with Gasteiger partial charge in [-0.05, 0) is 55.0 Å². The zero-order chi connectivity index (χ0) is 22.4. The first-order chi connectivity index (χ1) is 16.1. The second-order valence-electron chi connectivity index (χ2n) is 8.17. The highest BCUT2D eigenvalue weighted by molar-refractivity contribution is 7.21. The van der Waals surface area contributed by atoms with E-state index in [1.807, 2.05) is 78.9 Å². The lowest BCUT2D eigenvalue weighted by molar-refractivity contribution is 0.0212. The summed E-state index contributed by atoms with van der Waals surface area (Å²) in [6, 6.07) is 31.8. The summed E-state index contributed by atoms with van der Waals surface area (Å²) in [5.41, 5.74) is 5.33. The van der Waals surface area contributed by atoms with Gasteiger partial charge < -0.3 is 10.1 Å².